The van der Waals surface area contributed by atoms with E-state index in [4.69, 9.17) is 0 Å². The zero-order valence-corrected chi connectivity index (χ0v) is 10.6. The van der Waals surface area contributed by atoms with E-state index in [9.17, 15) is 5.11 Å². The van der Waals surface area contributed by atoms with Crippen LogP contribution in [0, 0.1) is 0 Å². The SMILES string of the molecule is CCN1CCN(c2ncccc2CO)CC1C. The zero-order valence-electron chi connectivity index (χ0n) is 10.6. The molecule has 0 bridgehead atoms. The van der Waals surface area contributed by atoms with Gasteiger partial charge in [-0.3, -0.25) is 4.90 Å². The van der Waals surface area contributed by atoms with E-state index in [0.29, 0.717) is 6.04 Å². The predicted octanol–water partition coefficient (Wildman–Crippen LogP) is 1.10. The Bertz CT molecular complexity index is 369. The smallest absolute Gasteiger partial charge is 0.134 e. The lowest BCUT2D eigenvalue weighted by Gasteiger charge is -2.40. The lowest BCUT2D eigenvalue weighted by molar-refractivity contribution is 0.198. The Hall–Kier alpha value is -1.13. The Morgan fingerprint density at radius 2 is 2.29 bits per heavy atom. The van der Waals surface area contributed by atoms with Crippen LogP contribution in [0.1, 0.15) is 19.4 Å². The second-order valence-electron chi connectivity index (χ2n) is 4.57. The second kappa shape index (κ2) is 5.47. The van der Waals surface area contributed by atoms with E-state index in [1.165, 1.54) is 0 Å². The van der Waals surface area contributed by atoms with Crippen molar-refractivity contribution in [1.29, 1.82) is 0 Å². The van der Waals surface area contributed by atoms with Gasteiger partial charge in [-0.15, -0.1) is 0 Å². The minimum Gasteiger partial charge on any atom is -0.392 e. The number of aliphatic hydroxyl groups excluding tert-OH is 1. The van der Waals surface area contributed by atoms with Gasteiger partial charge in [0.2, 0.25) is 0 Å². The lowest BCUT2D eigenvalue weighted by Crippen LogP contribution is -2.52. The van der Waals surface area contributed by atoms with Crippen molar-refractivity contribution < 1.29 is 5.11 Å². The summed E-state index contributed by atoms with van der Waals surface area (Å²) in [7, 11) is 0. The number of pyridine rings is 1. The molecule has 0 amide bonds. The molecular weight excluding hydrogens is 214 g/mol. The Balaban J connectivity index is 2.13. The molecule has 4 heteroatoms. The summed E-state index contributed by atoms with van der Waals surface area (Å²) in [4.78, 5) is 9.16. The fourth-order valence-corrected chi connectivity index (χ4v) is 2.50. The highest BCUT2D eigenvalue weighted by molar-refractivity contribution is 5.47. The molecule has 1 aliphatic rings. The standard InChI is InChI=1S/C13H21N3O/c1-3-15-7-8-16(9-11(15)2)13-12(10-17)5-4-6-14-13/h4-6,11,17H,3,7-10H2,1-2H3. The van der Waals surface area contributed by atoms with E-state index in [1.54, 1.807) is 6.20 Å². The molecule has 17 heavy (non-hydrogen) atoms. The third-order valence-electron chi connectivity index (χ3n) is 3.51. The summed E-state index contributed by atoms with van der Waals surface area (Å²) < 4.78 is 0. The van der Waals surface area contributed by atoms with Crippen molar-refractivity contribution >= 4 is 5.82 Å². The number of nitrogens with zero attached hydrogens (tertiary/aromatic N) is 3. The maximum Gasteiger partial charge on any atom is 0.134 e. The summed E-state index contributed by atoms with van der Waals surface area (Å²) in [6.07, 6.45) is 1.80. The third-order valence-corrected chi connectivity index (χ3v) is 3.51. The van der Waals surface area contributed by atoms with Crippen molar-refractivity contribution in [2.45, 2.75) is 26.5 Å². The average Bonchev–Trinajstić information content (AvgIpc) is 2.38. The molecule has 1 saturated heterocycles. The molecule has 0 saturated carbocycles. The normalized spacial score (nSPS) is 21.8. The van der Waals surface area contributed by atoms with Crippen LogP contribution < -0.4 is 4.90 Å². The molecule has 2 heterocycles. The van der Waals surface area contributed by atoms with Gasteiger partial charge in [0, 0.05) is 37.4 Å². The summed E-state index contributed by atoms with van der Waals surface area (Å²) in [6, 6.07) is 4.36. The topological polar surface area (TPSA) is 39.6 Å². The molecule has 0 aromatic carbocycles. The van der Waals surface area contributed by atoms with Gasteiger partial charge in [0.05, 0.1) is 6.61 Å². The molecule has 94 valence electrons. The minimum absolute atomic E-state index is 0.0611. The number of aromatic nitrogens is 1. The van der Waals surface area contributed by atoms with Crippen LogP contribution in [0.4, 0.5) is 5.82 Å². The van der Waals surface area contributed by atoms with Crippen molar-refractivity contribution in [3.8, 4) is 0 Å². The highest BCUT2D eigenvalue weighted by Crippen LogP contribution is 2.20. The first-order chi connectivity index (χ1) is 8.26. The van der Waals surface area contributed by atoms with Gasteiger partial charge in [-0.1, -0.05) is 13.0 Å². The monoisotopic (exact) mass is 235 g/mol. The highest BCUT2D eigenvalue weighted by Gasteiger charge is 2.24. The molecule has 1 N–H and O–H groups in total. The van der Waals surface area contributed by atoms with E-state index in [2.05, 4.69) is 28.6 Å². The minimum atomic E-state index is 0.0611. The second-order valence-corrected chi connectivity index (χ2v) is 4.57. The van der Waals surface area contributed by atoms with E-state index in [1.807, 2.05) is 12.1 Å². The highest BCUT2D eigenvalue weighted by atomic mass is 16.3. The number of anilines is 1. The number of piperazine rings is 1. The first-order valence-corrected chi connectivity index (χ1v) is 6.30. The number of hydrogen-bond acceptors (Lipinski definition) is 4. The summed E-state index contributed by atoms with van der Waals surface area (Å²) in [6.45, 7) is 8.65. The molecule has 1 aromatic heterocycles. The molecule has 0 radical (unpaired) electrons. The molecule has 0 aliphatic carbocycles. The first-order valence-electron chi connectivity index (χ1n) is 6.30. The Morgan fingerprint density at radius 1 is 1.47 bits per heavy atom. The zero-order chi connectivity index (χ0) is 12.3. The molecular formula is C13H21N3O. The van der Waals surface area contributed by atoms with Gasteiger partial charge in [-0.05, 0) is 19.5 Å². The van der Waals surface area contributed by atoms with E-state index in [0.717, 1.165) is 37.6 Å². The number of likely N-dealkylation sites (N-methyl/N-ethyl adjacent to an activating group) is 1. The van der Waals surface area contributed by atoms with Gasteiger partial charge >= 0.3 is 0 Å². The molecule has 1 aliphatic heterocycles. The van der Waals surface area contributed by atoms with Gasteiger partial charge in [-0.2, -0.15) is 0 Å². The summed E-state index contributed by atoms with van der Waals surface area (Å²) >= 11 is 0. The molecule has 1 fully saturated rings. The van der Waals surface area contributed by atoms with Gasteiger partial charge in [0.15, 0.2) is 0 Å². The molecule has 0 spiro atoms. The fourth-order valence-electron chi connectivity index (χ4n) is 2.50. The van der Waals surface area contributed by atoms with Gasteiger partial charge in [0.1, 0.15) is 5.82 Å². The largest absolute Gasteiger partial charge is 0.392 e. The molecule has 1 unspecified atom stereocenters. The van der Waals surface area contributed by atoms with Crippen molar-refractivity contribution in [2.24, 2.45) is 0 Å². The van der Waals surface area contributed by atoms with Crippen molar-refractivity contribution in [3.05, 3.63) is 23.9 Å². The number of rotatable bonds is 3. The van der Waals surface area contributed by atoms with Crippen LogP contribution in [0.5, 0.6) is 0 Å². The van der Waals surface area contributed by atoms with Crippen LogP contribution in [0.25, 0.3) is 0 Å². The lowest BCUT2D eigenvalue weighted by atomic mass is 10.1. The van der Waals surface area contributed by atoms with Gasteiger partial charge in [0.25, 0.3) is 0 Å². The molecule has 1 atom stereocenters. The maximum atomic E-state index is 9.34. The van der Waals surface area contributed by atoms with Crippen molar-refractivity contribution in [3.63, 3.8) is 0 Å². The number of hydrogen-bond donors (Lipinski definition) is 1. The Labute approximate surface area is 103 Å². The van der Waals surface area contributed by atoms with Crippen LogP contribution >= 0.6 is 0 Å². The van der Waals surface area contributed by atoms with Crippen LogP contribution in [-0.4, -0.2) is 47.2 Å². The summed E-state index contributed by atoms with van der Waals surface area (Å²) in [5, 5.41) is 9.34. The molecule has 4 nitrogen and oxygen atoms in total. The third kappa shape index (κ3) is 2.58. The quantitative estimate of drug-likeness (QED) is 0.852. The molecule has 2 rings (SSSR count). The maximum absolute atomic E-state index is 9.34. The van der Waals surface area contributed by atoms with Crippen molar-refractivity contribution in [1.82, 2.24) is 9.88 Å². The van der Waals surface area contributed by atoms with E-state index < -0.39 is 0 Å². The van der Waals surface area contributed by atoms with E-state index in [-0.39, 0.29) is 6.61 Å². The first kappa shape index (κ1) is 12.3. The summed E-state index contributed by atoms with van der Waals surface area (Å²) in [5.74, 6) is 0.942. The van der Waals surface area contributed by atoms with Crippen LogP contribution in [-0.2, 0) is 6.61 Å². The summed E-state index contributed by atoms with van der Waals surface area (Å²) in [5.41, 5.74) is 0.921. The Morgan fingerprint density at radius 3 is 2.94 bits per heavy atom. The van der Waals surface area contributed by atoms with Crippen LogP contribution in [0.3, 0.4) is 0 Å². The molecule has 1 aromatic rings. The van der Waals surface area contributed by atoms with Crippen LogP contribution in [0.2, 0.25) is 0 Å². The average molecular weight is 235 g/mol. The van der Waals surface area contributed by atoms with Gasteiger partial charge in [-0.25, -0.2) is 4.98 Å². The number of aliphatic hydroxyl groups is 1. The predicted molar refractivity (Wildman–Crippen MR) is 69.1 cm³/mol. The van der Waals surface area contributed by atoms with E-state index >= 15 is 0 Å². The fraction of sp³-hybridized carbons (Fsp3) is 0.615. The van der Waals surface area contributed by atoms with Crippen LogP contribution in [0.15, 0.2) is 18.3 Å². The Kier molecular flexibility index (Phi) is 3.97. The van der Waals surface area contributed by atoms with Gasteiger partial charge < -0.3 is 10.0 Å². The van der Waals surface area contributed by atoms with Crippen molar-refractivity contribution in [2.75, 3.05) is 31.1 Å².